The van der Waals surface area contributed by atoms with Gasteiger partial charge in [0.05, 0.1) is 12.0 Å². The predicted molar refractivity (Wildman–Crippen MR) is 79.5 cm³/mol. The van der Waals surface area contributed by atoms with Crippen molar-refractivity contribution in [3.63, 3.8) is 0 Å². The quantitative estimate of drug-likeness (QED) is 0.826. The second kappa shape index (κ2) is 5.52. The standard InChI is InChI=1S/C15H12Cl2N2/c1-9-6-12(19)7-14(17)15(9)13(8-18)10-2-4-11(16)5-3-10/h2-7,13H,19H2,1H3. The second-order valence-corrected chi connectivity index (χ2v) is 5.19. The van der Waals surface area contributed by atoms with E-state index in [-0.39, 0.29) is 0 Å². The Morgan fingerprint density at radius 3 is 2.32 bits per heavy atom. The molecule has 0 aliphatic heterocycles. The Kier molecular flexibility index (Phi) is 3.99. The highest BCUT2D eigenvalue weighted by molar-refractivity contribution is 6.32. The topological polar surface area (TPSA) is 49.8 Å². The molecule has 0 aliphatic rings. The van der Waals surface area contributed by atoms with E-state index in [2.05, 4.69) is 6.07 Å². The van der Waals surface area contributed by atoms with Crippen molar-refractivity contribution in [3.8, 4) is 6.07 Å². The zero-order chi connectivity index (χ0) is 14.0. The summed E-state index contributed by atoms with van der Waals surface area (Å²) in [4.78, 5) is 0. The van der Waals surface area contributed by atoms with Crippen LogP contribution < -0.4 is 5.73 Å². The van der Waals surface area contributed by atoms with Crippen LogP contribution in [0.3, 0.4) is 0 Å². The first-order chi connectivity index (χ1) is 9.02. The third-order valence-corrected chi connectivity index (χ3v) is 3.54. The Morgan fingerprint density at radius 1 is 1.16 bits per heavy atom. The first-order valence-corrected chi connectivity index (χ1v) is 6.49. The zero-order valence-electron chi connectivity index (χ0n) is 10.3. The van der Waals surface area contributed by atoms with Gasteiger partial charge in [-0.1, -0.05) is 35.3 Å². The monoisotopic (exact) mass is 290 g/mol. The van der Waals surface area contributed by atoms with Crippen LogP contribution in [0.2, 0.25) is 10.0 Å². The van der Waals surface area contributed by atoms with Crippen molar-refractivity contribution in [1.82, 2.24) is 0 Å². The van der Waals surface area contributed by atoms with Crippen molar-refractivity contribution in [2.75, 3.05) is 5.73 Å². The summed E-state index contributed by atoms with van der Waals surface area (Å²) in [5.74, 6) is -0.426. The molecule has 2 aromatic carbocycles. The van der Waals surface area contributed by atoms with Crippen LogP contribution >= 0.6 is 23.2 Å². The van der Waals surface area contributed by atoms with Gasteiger partial charge >= 0.3 is 0 Å². The average molecular weight is 291 g/mol. The number of hydrogen-bond acceptors (Lipinski definition) is 2. The van der Waals surface area contributed by atoms with Gasteiger partial charge in [-0.3, -0.25) is 0 Å². The summed E-state index contributed by atoms with van der Waals surface area (Å²) in [5, 5.41) is 10.6. The summed E-state index contributed by atoms with van der Waals surface area (Å²) in [5.41, 5.74) is 8.90. The second-order valence-electron chi connectivity index (χ2n) is 4.35. The van der Waals surface area contributed by atoms with Crippen molar-refractivity contribution in [2.45, 2.75) is 12.8 Å². The minimum atomic E-state index is -0.426. The molecule has 2 N–H and O–H groups in total. The van der Waals surface area contributed by atoms with Crippen molar-refractivity contribution in [2.24, 2.45) is 0 Å². The molecule has 0 saturated carbocycles. The van der Waals surface area contributed by atoms with E-state index in [1.54, 1.807) is 18.2 Å². The van der Waals surface area contributed by atoms with Crippen LogP contribution in [0.5, 0.6) is 0 Å². The van der Waals surface area contributed by atoms with E-state index in [4.69, 9.17) is 28.9 Å². The van der Waals surface area contributed by atoms with Crippen LogP contribution in [0.25, 0.3) is 0 Å². The Morgan fingerprint density at radius 2 is 1.79 bits per heavy atom. The van der Waals surface area contributed by atoms with E-state index < -0.39 is 5.92 Å². The average Bonchev–Trinajstić information content (AvgIpc) is 2.35. The first kappa shape index (κ1) is 13.7. The third-order valence-electron chi connectivity index (χ3n) is 2.98. The maximum absolute atomic E-state index is 9.45. The van der Waals surface area contributed by atoms with E-state index >= 15 is 0 Å². The molecule has 0 saturated heterocycles. The van der Waals surface area contributed by atoms with E-state index in [1.165, 1.54) is 0 Å². The Balaban J connectivity index is 2.55. The van der Waals surface area contributed by atoms with Gasteiger partial charge < -0.3 is 5.73 Å². The number of benzene rings is 2. The lowest BCUT2D eigenvalue weighted by Crippen LogP contribution is -2.03. The molecule has 4 heteroatoms. The molecule has 2 rings (SSSR count). The van der Waals surface area contributed by atoms with Gasteiger partial charge in [0.2, 0.25) is 0 Å². The molecule has 2 aromatic rings. The van der Waals surface area contributed by atoms with E-state index in [0.717, 1.165) is 16.7 Å². The summed E-state index contributed by atoms with van der Waals surface area (Å²) in [6.45, 7) is 1.90. The van der Waals surface area contributed by atoms with Gasteiger partial charge in [-0.25, -0.2) is 0 Å². The van der Waals surface area contributed by atoms with E-state index in [1.807, 2.05) is 25.1 Å². The Hall–Kier alpha value is -1.69. The zero-order valence-corrected chi connectivity index (χ0v) is 11.8. The Bertz CT molecular complexity index is 619. The molecular weight excluding hydrogens is 279 g/mol. The number of nitriles is 1. The van der Waals surface area contributed by atoms with Crippen LogP contribution in [0, 0.1) is 18.3 Å². The number of nitrogen functional groups attached to an aromatic ring is 1. The van der Waals surface area contributed by atoms with Gasteiger partial charge in [-0.2, -0.15) is 5.26 Å². The number of nitrogens with two attached hydrogens (primary N) is 1. The normalized spacial score (nSPS) is 11.9. The van der Waals surface area contributed by atoms with Crippen molar-refractivity contribution in [3.05, 3.63) is 63.1 Å². The van der Waals surface area contributed by atoms with Gasteiger partial charge in [0.25, 0.3) is 0 Å². The number of hydrogen-bond donors (Lipinski definition) is 1. The number of anilines is 1. The minimum absolute atomic E-state index is 0.426. The fraction of sp³-hybridized carbons (Fsp3) is 0.133. The molecule has 0 bridgehead atoms. The number of aryl methyl sites for hydroxylation is 1. The first-order valence-electron chi connectivity index (χ1n) is 5.73. The molecule has 0 heterocycles. The molecular formula is C15H12Cl2N2. The number of rotatable bonds is 2. The van der Waals surface area contributed by atoms with Gasteiger partial charge in [0.1, 0.15) is 0 Å². The lowest BCUT2D eigenvalue weighted by Gasteiger charge is -2.15. The number of nitrogens with zero attached hydrogens (tertiary/aromatic N) is 1. The largest absolute Gasteiger partial charge is 0.399 e. The molecule has 19 heavy (non-hydrogen) atoms. The van der Waals surface area contributed by atoms with Crippen molar-refractivity contribution >= 4 is 28.9 Å². The van der Waals surface area contributed by atoms with Gasteiger partial charge in [0.15, 0.2) is 0 Å². The Labute approximate surface area is 122 Å². The lowest BCUT2D eigenvalue weighted by atomic mass is 9.89. The SMILES string of the molecule is Cc1cc(N)cc(Cl)c1C(C#N)c1ccc(Cl)cc1. The van der Waals surface area contributed by atoms with E-state index in [9.17, 15) is 5.26 Å². The molecule has 1 unspecified atom stereocenters. The molecule has 0 amide bonds. The molecule has 2 nitrogen and oxygen atoms in total. The summed E-state index contributed by atoms with van der Waals surface area (Å²) in [6.07, 6.45) is 0. The minimum Gasteiger partial charge on any atom is -0.399 e. The van der Waals surface area contributed by atoms with Gasteiger partial charge in [-0.05, 0) is 47.9 Å². The van der Waals surface area contributed by atoms with Crippen molar-refractivity contribution < 1.29 is 0 Å². The lowest BCUT2D eigenvalue weighted by molar-refractivity contribution is 1.02. The third kappa shape index (κ3) is 2.84. The summed E-state index contributed by atoms with van der Waals surface area (Å²) >= 11 is 12.1. The molecule has 0 aliphatic carbocycles. The maximum atomic E-state index is 9.45. The molecule has 0 radical (unpaired) electrons. The van der Waals surface area contributed by atoms with Crippen LogP contribution in [0.15, 0.2) is 36.4 Å². The predicted octanol–water partition coefficient (Wildman–Crippen LogP) is 4.54. The summed E-state index contributed by atoms with van der Waals surface area (Å²) < 4.78 is 0. The van der Waals surface area contributed by atoms with Crippen LogP contribution in [-0.2, 0) is 0 Å². The molecule has 0 fully saturated rings. The fourth-order valence-electron chi connectivity index (χ4n) is 2.11. The van der Waals surface area contributed by atoms with Gasteiger partial charge in [0, 0.05) is 15.7 Å². The van der Waals surface area contributed by atoms with Crippen LogP contribution in [-0.4, -0.2) is 0 Å². The van der Waals surface area contributed by atoms with Crippen LogP contribution in [0.4, 0.5) is 5.69 Å². The fourth-order valence-corrected chi connectivity index (χ4v) is 2.62. The maximum Gasteiger partial charge on any atom is 0.0979 e. The van der Waals surface area contributed by atoms with Crippen LogP contribution in [0.1, 0.15) is 22.6 Å². The number of halogens is 2. The highest BCUT2D eigenvalue weighted by atomic mass is 35.5. The molecule has 1 atom stereocenters. The van der Waals surface area contributed by atoms with Gasteiger partial charge in [-0.15, -0.1) is 0 Å². The molecule has 0 aromatic heterocycles. The van der Waals surface area contributed by atoms with Crippen molar-refractivity contribution in [1.29, 1.82) is 5.26 Å². The summed E-state index contributed by atoms with van der Waals surface area (Å²) in [6, 6.07) is 13.0. The van der Waals surface area contributed by atoms with E-state index in [0.29, 0.717) is 15.7 Å². The highest BCUT2D eigenvalue weighted by Gasteiger charge is 2.19. The summed E-state index contributed by atoms with van der Waals surface area (Å²) in [7, 11) is 0. The molecule has 0 spiro atoms. The highest BCUT2D eigenvalue weighted by Crippen LogP contribution is 2.34. The molecule has 96 valence electrons. The smallest absolute Gasteiger partial charge is 0.0979 e.